The van der Waals surface area contributed by atoms with Crippen LogP contribution in [0.3, 0.4) is 0 Å². The van der Waals surface area contributed by atoms with Crippen LogP contribution in [-0.4, -0.2) is 17.8 Å². The van der Waals surface area contributed by atoms with Crippen LogP contribution in [0.5, 0.6) is 0 Å². The van der Waals surface area contributed by atoms with E-state index >= 15 is 0 Å². The first kappa shape index (κ1) is 13.0. The Morgan fingerprint density at radius 1 is 1.13 bits per heavy atom. The van der Waals surface area contributed by atoms with Gasteiger partial charge in [-0.25, -0.2) is 0 Å². The van der Waals surface area contributed by atoms with Crippen LogP contribution in [0.4, 0.5) is 0 Å². The molecule has 0 bridgehead atoms. The summed E-state index contributed by atoms with van der Waals surface area (Å²) >= 11 is 6.57. The molecule has 0 heterocycles. The third-order valence-corrected chi connectivity index (χ3v) is 5.89. The summed E-state index contributed by atoms with van der Waals surface area (Å²) in [5.74, 6) is 0. The van der Waals surface area contributed by atoms with Crippen molar-refractivity contribution in [3.8, 4) is 0 Å². The molecule has 0 spiro atoms. The third kappa shape index (κ3) is 2.93. The average molecular weight is 244 g/mol. The standard InChI is InChI=1S/C12H19ClNP/c1-5-14(6-2)15(13)12-10(3)8-7-9-11(12)4/h7-9H,5-6H2,1-4H3. The molecule has 0 aliphatic heterocycles. The molecule has 3 heteroatoms. The molecule has 0 amide bonds. The lowest BCUT2D eigenvalue weighted by Crippen LogP contribution is -2.22. The van der Waals surface area contributed by atoms with Crippen LogP contribution >= 0.6 is 18.7 Å². The van der Waals surface area contributed by atoms with E-state index < -0.39 is 7.43 Å². The van der Waals surface area contributed by atoms with Crippen molar-refractivity contribution in [2.24, 2.45) is 0 Å². The summed E-state index contributed by atoms with van der Waals surface area (Å²) < 4.78 is 2.33. The second-order valence-electron chi connectivity index (χ2n) is 3.64. The zero-order valence-corrected chi connectivity index (χ0v) is 11.6. The molecule has 0 fully saturated rings. The maximum atomic E-state index is 6.57. The Bertz CT molecular complexity index is 303. The van der Waals surface area contributed by atoms with Gasteiger partial charge in [-0.15, -0.1) is 0 Å². The van der Waals surface area contributed by atoms with Gasteiger partial charge in [-0.05, 0) is 25.0 Å². The minimum absolute atomic E-state index is 0.675. The van der Waals surface area contributed by atoms with Crippen molar-refractivity contribution < 1.29 is 0 Å². The molecule has 84 valence electrons. The summed E-state index contributed by atoms with van der Waals surface area (Å²) in [6, 6.07) is 6.38. The fourth-order valence-corrected chi connectivity index (χ4v) is 4.66. The van der Waals surface area contributed by atoms with Crippen molar-refractivity contribution in [3.63, 3.8) is 0 Å². The Morgan fingerprint density at radius 3 is 2.00 bits per heavy atom. The molecule has 0 aromatic heterocycles. The molecule has 15 heavy (non-hydrogen) atoms. The van der Waals surface area contributed by atoms with Gasteiger partial charge in [-0.3, -0.25) is 4.67 Å². The summed E-state index contributed by atoms with van der Waals surface area (Å²) in [6.07, 6.45) is 0. The van der Waals surface area contributed by atoms with Crippen LogP contribution in [0.25, 0.3) is 0 Å². The molecule has 0 radical (unpaired) electrons. The lowest BCUT2D eigenvalue weighted by atomic mass is 10.2. The van der Waals surface area contributed by atoms with Crippen LogP contribution in [-0.2, 0) is 0 Å². The molecule has 0 saturated heterocycles. The van der Waals surface area contributed by atoms with Gasteiger partial charge >= 0.3 is 0 Å². The molecule has 0 saturated carbocycles. The Morgan fingerprint density at radius 2 is 1.60 bits per heavy atom. The highest BCUT2D eigenvalue weighted by Crippen LogP contribution is 2.45. The third-order valence-electron chi connectivity index (χ3n) is 2.60. The molecule has 1 aromatic carbocycles. The number of benzene rings is 1. The summed E-state index contributed by atoms with van der Waals surface area (Å²) in [6.45, 7) is 10.6. The largest absolute Gasteiger partial charge is 0.267 e. The molecule has 0 aliphatic carbocycles. The number of aryl methyl sites for hydroxylation is 2. The van der Waals surface area contributed by atoms with Gasteiger partial charge in [0.15, 0.2) is 0 Å². The van der Waals surface area contributed by atoms with E-state index in [1.807, 2.05) is 0 Å². The van der Waals surface area contributed by atoms with E-state index in [0.29, 0.717) is 0 Å². The Hall–Kier alpha value is -0.100. The predicted molar refractivity (Wildman–Crippen MR) is 71.2 cm³/mol. The van der Waals surface area contributed by atoms with E-state index in [1.54, 1.807) is 0 Å². The first-order valence-corrected chi connectivity index (χ1v) is 7.58. The highest BCUT2D eigenvalue weighted by molar-refractivity contribution is 7.88. The van der Waals surface area contributed by atoms with E-state index in [-0.39, 0.29) is 0 Å². The number of halogens is 1. The minimum atomic E-state index is -0.675. The van der Waals surface area contributed by atoms with Crippen molar-refractivity contribution in [1.82, 2.24) is 4.67 Å². The van der Waals surface area contributed by atoms with Crippen LogP contribution in [0.1, 0.15) is 25.0 Å². The van der Waals surface area contributed by atoms with Gasteiger partial charge in [0.05, 0.1) is 7.43 Å². The first-order valence-electron chi connectivity index (χ1n) is 5.38. The average Bonchev–Trinajstić information content (AvgIpc) is 2.19. The van der Waals surface area contributed by atoms with Gasteiger partial charge in [0, 0.05) is 18.4 Å². The lowest BCUT2D eigenvalue weighted by Gasteiger charge is -2.26. The Balaban J connectivity index is 3.04. The molecule has 0 aliphatic rings. The monoisotopic (exact) mass is 243 g/mol. The molecular weight excluding hydrogens is 225 g/mol. The van der Waals surface area contributed by atoms with Crippen molar-refractivity contribution in [1.29, 1.82) is 0 Å². The summed E-state index contributed by atoms with van der Waals surface area (Å²) in [5, 5.41) is 1.33. The van der Waals surface area contributed by atoms with Crippen LogP contribution in [0.15, 0.2) is 18.2 Å². The Kier molecular flexibility index (Phi) is 5.05. The number of hydrogen-bond acceptors (Lipinski definition) is 1. The lowest BCUT2D eigenvalue weighted by molar-refractivity contribution is 0.516. The van der Waals surface area contributed by atoms with Crippen LogP contribution < -0.4 is 5.30 Å². The smallest absolute Gasteiger partial charge is 0.0950 e. The number of hydrogen-bond donors (Lipinski definition) is 0. The van der Waals surface area contributed by atoms with Crippen molar-refractivity contribution in [3.05, 3.63) is 29.3 Å². The van der Waals surface area contributed by atoms with Gasteiger partial charge in [0.25, 0.3) is 0 Å². The van der Waals surface area contributed by atoms with Gasteiger partial charge in [-0.2, -0.15) is 0 Å². The molecular formula is C12H19ClNP. The molecule has 0 N–H and O–H groups in total. The molecule has 1 unspecified atom stereocenters. The summed E-state index contributed by atoms with van der Waals surface area (Å²) in [5.41, 5.74) is 2.62. The molecule has 1 rings (SSSR count). The maximum Gasteiger partial charge on any atom is 0.0950 e. The zero-order valence-electron chi connectivity index (χ0n) is 9.92. The molecule has 1 atom stereocenters. The zero-order chi connectivity index (χ0) is 11.4. The number of rotatable bonds is 4. The van der Waals surface area contributed by atoms with E-state index in [0.717, 1.165) is 13.1 Å². The summed E-state index contributed by atoms with van der Waals surface area (Å²) in [7, 11) is -0.675. The molecule has 1 aromatic rings. The van der Waals surface area contributed by atoms with Gasteiger partial charge < -0.3 is 0 Å². The van der Waals surface area contributed by atoms with E-state index in [9.17, 15) is 0 Å². The van der Waals surface area contributed by atoms with Gasteiger partial charge in [0.2, 0.25) is 0 Å². The molecule has 1 nitrogen and oxygen atoms in total. The van der Waals surface area contributed by atoms with Gasteiger partial charge in [0.1, 0.15) is 0 Å². The second kappa shape index (κ2) is 5.84. The van der Waals surface area contributed by atoms with E-state index in [4.69, 9.17) is 11.2 Å². The van der Waals surface area contributed by atoms with E-state index in [2.05, 4.69) is 50.6 Å². The maximum absolute atomic E-state index is 6.57. The van der Waals surface area contributed by atoms with Crippen molar-refractivity contribution in [2.75, 3.05) is 13.1 Å². The SMILES string of the molecule is CCN(CC)P(Cl)c1c(C)cccc1C. The Labute approximate surface area is 99.0 Å². The fraction of sp³-hybridized carbons (Fsp3) is 0.500. The highest BCUT2D eigenvalue weighted by atomic mass is 35.7. The van der Waals surface area contributed by atoms with E-state index in [1.165, 1.54) is 16.4 Å². The second-order valence-corrected chi connectivity index (χ2v) is 6.13. The van der Waals surface area contributed by atoms with Crippen LogP contribution in [0.2, 0.25) is 0 Å². The first-order chi connectivity index (χ1) is 7.11. The van der Waals surface area contributed by atoms with Crippen LogP contribution in [0, 0.1) is 13.8 Å². The topological polar surface area (TPSA) is 3.24 Å². The van der Waals surface area contributed by atoms with Gasteiger partial charge in [-0.1, -0.05) is 43.3 Å². The number of nitrogens with zero attached hydrogens (tertiary/aromatic N) is 1. The summed E-state index contributed by atoms with van der Waals surface area (Å²) in [4.78, 5) is 0. The highest BCUT2D eigenvalue weighted by Gasteiger charge is 2.18. The normalized spacial score (nSPS) is 13.2. The van der Waals surface area contributed by atoms with Crippen molar-refractivity contribution in [2.45, 2.75) is 27.7 Å². The quantitative estimate of drug-likeness (QED) is 0.727. The fourth-order valence-electron chi connectivity index (χ4n) is 1.71. The van der Waals surface area contributed by atoms with Crippen molar-refractivity contribution >= 4 is 24.0 Å². The predicted octanol–water partition coefficient (Wildman–Crippen LogP) is 3.82. The minimum Gasteiger partial charge on any atom is -0.267 e.